The lowest BCUT2D eigenvalue weighted by Crippen LogP contribution is -2.27. The number of nitrogens with zero attached hydrogens (tertiary/aromatic N) is 1. The fourth-order valence-corrected chi connectivity index (χ4v) is 4.06. The number of rotatable bonds is 5. The predicted molar refractivity (Wildman–Crippen MR) is 135 cm³/mol. The molecule has 0 fully saturated rings. The third-order valence-electron chi connectivity index (χ3n) is 5.76. The summed E-state index contributed by atoms with van der Waals surface area (Å²) in [7, 11) is 1.24. The van der Waals surface area contributed by atoms with Gasteiger partial charge >= 0.3 is 12.1 Å². The monoisotopic (exact) mass is 463 g/mol. The minimum atomic E-state index is -1.17. The zero-order valence-electron chi connectivity index (χ0n) is 18.8. The fraction of sp³-hybridized carbons (Fsp3) is 0.0345. The van der Waals surface area contributed by atoms with Gasteiger partial charge in [0.05, 0.1) is 18.4 Å². The third-order valence-corrected chi connectivity index (χ3v) is 5.76. The number of hydrogen-bond acceptors (Lipinski definition) is 4. The van der Waals surface area contributed by atoms with E-state index in [9.17, 15) is 14.7 Å². The van der Waals surface area contributed by atoms with Crippen LogP contribution < -0.4 is 4.90 Å². The van der Waals surface area contributed by atoms with Gasteiger partial charge in [-0.1, -0.05) is 72.8 Å². The first-order valence-electron chi connectivity index (χ1n) is 10.9. The predicted octanol–water partition coefficient (Wildman–Crippen LogP) is 7.37. The smallest absolute Gasteiger partial charge is 0.421 e. The summed E-state index contributed by atoms with van der Waals surface area (Å²) in [6.45, 7) is 0. The van der Waals surface area contributed by atoms with E-state index in [1.54, 1.807) is 18.2 Å². The molecule has 0 aliphatic carbocycles. The van der Waals surface area contributed by atoms with Crippen LogP contribution in [0.25, 0.3) is 33.2 Å². The molecule has 0 saturated carbocycles. The number of furan rings is 1. The van der Waals surface area contributed by atoms with Gasteiger partial charge in [0.25, 0.3) is 0 Å². The van der Waals surface area contributed by atoms with Crippen molar-refractivity contribution in [2.75, 3.05) is 12.0 Å². The lowest BCUT2D eigenvalue weighted by Gasteiger charge is -2.21. The molecule has 5 aromatic rings. The number of carbonyl (C=O) groups excluding carboxylic acids is 1. The second-order valence-corrected chi connectivity index (χ2v) is 7.91. The zero-order chi connectivity index (χ0) is 24.4. The SMILES string of the molecule is COC(=O)N(c1cc2cc(-c3ccccc3)ccc2o1)c1cc(-c2ccccc2)ccc1C(=O)O. The average molecular weight is 463 g/mol. The Labute approximate surface area is 201 Å². The lowest BCUT2D eigenvalue weighted by molar-refractivity contribution is 0.0698. The second-order valence-electron chi connectivity index (χ2n) is 7.91. The van der Waals surface area contributed by atoms with Gasteiger partial charge in [0.2, 0.25) is 5.88 Å². The van der Waals surface area contributed by atoms with E-state index < -0.39 is 12.1 Å². The molecular formula is C29H21NO5. The average Bonchev–Trinajstić information content (AvgIpc) is 3.32. The number of methoxy groups -OCH3 is 1. The maximum absolute atomic E-state index is 13.0. The summed E-state index contributed by atoms with van der Waals surface area (Å²) >= 11 is 0. The number of benzene rings is 4. The van der Waals surface area contributed by atoms with Crippen molar-refractivity contribution in [1.82, 2.24) is 0 Å². The number of carboxylic acid groups (broad SMARTS) is 1. The largest absolute Gasteiger partial charge is 0.478 e. The maximum atomic E-state index is 13.0. The van der Waals surface area contributed by atoms with Gasteiger partial charge in [0.15, 0.2) is 0 Å². The summed E-state index contributed by atoms with van der Waals surface area (Å²) in [5, 5.41) is 10.6. The van der Waals surface area contributed by atoms with Gasteiger partial charge in [0, 0.05) is 11.5 Å². The molecule has 4 aromatic carbocycles. The van der Waals surface area contributed by atoms with E-state index in [1.807, 2.05) is 78.9 Å². The molecule has 6 heteroatoms. The van der Waals surface area contributed by atoms with E-state index in [-0.39, 0.29) is 17.1 Å². The number of carbonyl (C=O) groups is 2. The van der Waals surface area contributed by atoms with E-state index >= 15 is 0 Å². The Hall–Kier alpha value is -4.84. The van der Waals surface area contributed by atoms with Crippen LogP contribution in [0.4, 0.5) is 16.4 Å². The van der Waals surface area contributed by atoms with Crippen molar-refractivity contribution in [3.05, 3.63) is 109 Å². The molecule has 0 aliphatic rings. The number of aromatic carboxylic acids is 1. The molecule has 0 bridgehead atoms. The van der Waals surface area contributed by atoms with E-state index in [2.05, 4.69) is 0 Å². The van der Waals surface area contributed by atoms with Crippen LogP contribution in [0.3, 0.4) is 0 Å². The van der Waals surface area contributed by atoms with Crippen molar-refractivity contribution < 1.29 is 23.8 Å². The Kier molecular flexibility index (Phi) is 5.77. The molecule has 1 N–H and O–H groups in total. The first kappa shape index (κ1) is 22.0. The van der Waals surface area contributed by atoms with Crippen LogP contribution in [-0.4, -0.2) is 24.3 Å². The quantitative estimate of drug-likeness (QED) is 0.294. The summed E-state index contributed by atoms with van der Waals surface area (Å²) in [4.78, 5) is 26.2. The van der Waals surface area contributed by atoms with Crippen LogP contribution in [0.15, 0.2) is 108 Å². The van der Waals surface area contributed by atoms with Gasteiger partial charge in [-0.15, -0.1) is 0 Å². The Morgan fingerprint density at radius 2 is 1.34 bits per heavy atom. The van der Waals surface area contributed by atoms with Crippen LogP contribution in [0, 0.1) is 0 Å². The molecule has 35 heavy (non-hydrogen) atoms. The first-order valence-corrected chi connectivity index (χ1v) is 10.9. The van der Waals surface area contributed by atoms with Crippen LogP contribution in [0.5, 0.6) is 0 Å². The molecular weight excluding hydrogens is 442 g/mol. The van der Waals surface area contributed by atoms with Crippen LogP contribution in [0.1, 0.15) is 10.4 Å². The minimum Gasteiger partial charge on any atom is -0.478 e. The van der Waals surface area contributed by atoms with Crippen molar-refractivity contribution in [3.8, 4) is 22.3 Å². The van der Waals surface area contributed by atoms with Gasteiger partial charge in [0.1, 0.15) is 5.58 Å². The maximum Gasteiger partial charge on any atom is 0.421 e. The molecule has 0 spiro atoms. The van der Waals surface area contributed by atoms with Gasteiger partial charge in [-0.2, -0.15) is 0 Å². The third kappa shape index (κ3) is 4.25. The molecule has 0 atom stereocenters. The highest BCUT2D eigenvalue weighted by molar-refractivity contribution is 6.05. The van der Waals surface area contributed by atoms with Crippen molar-refractivity contribution in [2.45, 2.75) is 0 Å². The summed E-state index contributed by atoms with van der Waals surface area (Å²) < 4.78 is 11.0. The Bertz CT molecular complexity index is 1520. The van der Waals surface area contributed by atoms with E-state index in [0.717, 1.165) is 32.5 Å². The number of ether oxygens (including phenoxy) is 1. The topological polar surface area (TPSA) is 80.0 Å². The lowest BCUT2D eigenvalue weighted by atomic mass is 10.0. The van der Waals surface area contributed by atoms with Gasteiger partial charge < -0.3 is 14.3 Å². The van der Waals surface area contributed by atoms with Crippen LogP contribution in [0.2, 0.25) is 0 Å². The van der Waals surface area contributed by atoms with Crippen molar-refractivity contribution in [1.29, 1.82) is 0 Å². The number of hydrogen-bond donors (Lipinski definition) is 1. The molecule has 1 amide bonds. The highest BCUT2D eigenvalue weighted by Crippen LogP contribution is 2.37. The molecule has 0 unspecified atom stereocenters. The highest BCUT2D eigenvalue weighted by Gasteiger charge is 2.28. The molecule has 6 nitrogen and oxygen atoms in total. The Balaban J connectivity index is 1.66. The molecule has 1 aromatic heterocycles. The normalized spacial score (nSPS) is 10.8. The molecule has 0 saturated heterocycles. The number of fused-ring (bicyclic) bond motifs is 1. The second kappa shape index (κ2) is 9.19. The van der Waals surface area contributed by atoms with Gasteiger partial charge in [-0.25, -0.2) is 14.5 Å². The fourth-order valence-electron chi connectivity index (χ4n) is 4.06. The summed E-state index contributed by atoms with van der Waals surface area (Å²) in [6, 6.07) is 31.7. The van der Waals surface area contributed by atoms with Gasteiger partial charge in [-0.05, 0) is 46.5 Å². The standard InChI is InChI=1S/C29H21NO5/c1-34-29(33)30(25-17-22(12-14-24(25)28(31)32)20-10-6-3-7-11-20)27-18-23-16-21(13-15-26(23)35-27)19-8-4-2-5-9-19/h2-18H,1H3,(H,31,32). The minimum absolute atomic E-state index is 0.0551. The number of carboxylic acids is 1. The van der Waals surface area contributed by atoms with Crippen molar-refractivity contribution in [2.24, 2.45) is 0 Å². The first-order chi connectivity index (χ1) is 17.0. The summed E-state index contributed by atoms with van der Waals surface area (Å²) in [6.07, 6.45) is -0.764. The number of anilines is 2. The molecule has 0 aliphatic heterocycles. The summed E-state index contributed by atoms with van der Waals surface area (Å²) in [5.74, 6) is -1.01. The van der Waals surface area contributed by atoms with E-state index in [1.165, 1.54) is 13.2 Å². The van der Waals surface area contributed by atoms with Crippen molar-refractivity contribution >= 4 is 34.6 Å². The Morgan fingerprint density at radius 1 is 0.743 bits per heavy atom. The van der Waals surface area contributed by atoms with Crippen LogP contribution >= 0.6 is 0 Å². The molecule has 0 radical (unpaired) electrons. The molecule has 1 heterocycles. The Morgan fingerprint density at radius 3 is 1.94 bits per heavy atom. The summed E-state index contributed by atoms with van der Waals surface area (Å²) in [5.41, 5.74) is 4.32. The molecule has 5 rings (SSSR count). The van der Waals surface area contributed by atoms with Crippen LogP contribution in [-0.2, 0) is 4.74 Å². The zero-order valence-corrected chi connectivity index (χ0v) is 18.8. The molecule has 172 valence electrons. The van der Waals surface area contributed by atoms with E-state index in [0.29, 0.717) is 5.58 Å². The van der Waals surface area contributed by atoms with Gasteiger partial charge in [-0.3, -0.25) is 0 Å². The van der Waals surface area contributed by atoms with E-state index in [4.69, 9.17) is 9.15 Å². The highest BCUT2D eigenvalue weighted by atomic mass is 16.5. The van der Waals surface area contributed by atoms with Crippen molar-refractivity contribution in [3.63, 3.8) is 0 Å². The number of amides is 1.